The maximum atomic E-state index is 12.8. The van der Waals surface area contributed by atoms with Crippen LogP contribution in [0, 0.1) is 13.8 Å². The van der Waals surface area contributed by atoms with Gasteiger partial charge in [-0.05, 0) is 63.1 Å². The van der Waals surface area contributed by atoms with Crippen LogP contribution < -0.4 is 10.1 Å². The summed E-state index contributed by atoms with van der Waals surface area (Å²) in [6, 6.07) is 15.3. The van der Waals surface area contributed by atoms with Crippen LogP contribution in [0.5, 0.6) is 5.75 Å². The van der Waals surface area contributed by atoms with Crippen LogP contribution in [0.25, 0.3) is 0 Å². The summed E-state index contributed by atoms with van der Waals surface area (Å²) in [7, 11) is 1.63. The minimum atomic E-state index is -0.941. The molecule has 3 aromatic rings. The van der Waals surface area contributed by atoms with Gasteiger partial charge in [0, 0.05) is 23.5 Å². The van der Waals surface area contributed by atoms with Crippen molar-refractivity contribution < 1.29 is 23.9 Å². The maximum Gasteiger partial charge on any atom is 0.328 e. The van der Waals surface area contributed by atoms with Gasteiger partial charge < -0.3 is 19.4 Å². The van der Waals surface area contributed by atoms with Crippen LogP contribution in [0.3, 0.4) is 0 Å². The van der Waals surface area contributed by atoms with E-state index in [1.54, 1.807) is 31.4 Å². The van der Waals surface area contributed by atoms with Crippen molar-refractivity contribution in [3.63, 3.8) is 0 Å². The Kier molecular flexibility index (Phi) is 8.71. The monoisotopic (exact) mass is 496 g/mol. The molecule has 7 nitrogen and oxygen atoms in total. The molecule has 2 aromatic carbocycles. The van der Waals surface area contributed by atoms with Crippen LogP contribution in [0.2, 0.25) is 5.02 Å². The molecule has 0 bridgehead atoms. The lowest BCUT2D eigenvalue weighted by Gasteiger charge is -2.14. The molecule has 184 valence electrons. The van der Waals surface area contributed by atoms with Gasteiger partial charge in [0.05, 0.1) is 17.7 Å². The first-order valence-electron chi connectivity index (χ1n) is 11.3. The Morgan fingerprint density at radius 3 is 2.37 bits per heavy atom. The van der Waals surface area contributed by atoms with Crippen molar-refractivity contribution in [3.05, 3.63) is 87.7 Å². The number of methoxy groups -OCH3 is 1. The molecule has 0 saturated carbocycles. The van der Waals surface area contributed by atoms with Crippen LogP contribution in [0.1, 0.15) is 44.6 Å². The Bertz CT molecular complexity index is 1220. The second-order valence-electron chi connectivity index (χ2n) is 8.24. The molecule has 35 heavy (non-hydrogen) atoms. The molecule has 1 N–H and O–H groups in total. The first-order chi connectivity index (χ1) is 16.7. The zero-order chi connectivity index (χ0) is 25.5. The number of nitrogens with one attached hydrogen (secondary N) is 1. The number of esters is 1. The van der Waals surface area contributed by atoms with Gasteiger partial charge in [-0.1, -0.05) is 35.9 Å². The van der Waals surface area contributed by atoms with E-state index < -0.39 is 24.5 Å². The van der Waals surface area contributed by atoms with Crippen molar-refractivity contribution in [2.24, 2.45) is 0 Å². The minimum absolute atomic E-state index is 0.256. The summed E-state index contributed by atoms with van der Waals surface area (Å²) in [5.41, 5.74) is 3.70. The van der Waals surface area contributed by atoms with Crippen LogP contribution in [0.4, 0.5) is 0 Å². The first kappa shape index (κ1) is 26.0. The standard InChI is InChI=1S/C27H29ClN2O5/c1-17-15-23(19(3)30(17)14-13-20-9-11-21(34-4)12-10-20)25(31)16-35-27(33)18(2)29-26(32)22-7-5-6-8-24(22)28/h5-12,15,18H,13-14,16H2,1-4H3,(H,29,32)/t18-/m1/s1. The molecular formula is C27H29ClN2O5. The lowest BCUT2D eigenvalue weighted by atomic mass is 10.1. The molecule has 0 aliphatic rings. The number of ketones is 1. The van der Waals surface area contributed by atoms with Gasteiger partial charge in [0.25, 0.3) is 5.91 Å². The molecule has 0 unspecified atom stereocenters. The number of hydrogen-bond acceptors (Lipinski definition) is 5. The van der Waals surface area contributed by atoms with E-state index in [0.717, 1.165) is 29.1 Å². The summed E-state index contributed by atoms with van der Waals surface area (Å²) >= 11 is 6.02. The van der Waals surface area contributed by atoms with Crippen molar-refractivity contribution in [2.45, 2.75) is 39.8 Å². The molecule has 0 aliphatic carbocycles. The van der Waals surface area contributed by atoms with Gasteiger partial charge >= 0.3 is 5.97 Å². The second-order valence-corrected chi connectivity index (χ2v) is 8.65. The molecule has 1 amide bonds. The molecule has 0 radical (unpaired) electrons. The smallest absolute Gasteiger partial charge is 0.328 e. The average Bonchev–Trinajstić information content (AvgIpc) is 3.14. The van der Waals surface area contributed by atoms with Crippen molar-refractivity contribution in [3.8, 4) is 5.75 Å². The van der Waals surface area contributed by atoms with Crippen LogP contribution in [-0.4, -0.2) is 42.0 Å². The van der Waals surface area contributed by atoms with E-state index in [-0.39, 0.29) is 16.4 Å². The Morgan fingerprint density at radius 1 is 1.03 bits per heavy atom. The molecule has 1 atom stereocenters. The van der Waals surface area contributed by atoms with E-state index in [9.17, 15) is 14.4 Å². The number of benzene rings is 2. The molecule has 0 saturated heterocycles. The molecule has 1 aromatic heterocycles. The zero-order valence-electron chi connectivity index (χ0n) is 20.3. The highest BCUT2D eigenvalue weighted by molar-refractivity contribution is 6.33. The van der Waals surface area contributed by atoms with Gasteiger partial charge in [0.2, 0.25) is 5.78 Å². The first-order valence-corrected chi connectivity index (χ1v) is 11.6. The summed E-state index contributed by atoms with van der Waals surface area (Å²) < 4.78 is 12.5. The van der Waals surface area contributed by atoms with Gasteiger partial charge in [-0.3, -0.25) is 9.59 Å². The van der Waals surface area contributed by atoms with Crippen molar-refractivity contribution >= 4 is 29.3 Å². The lowest BCUT2D eigenvalue weighted by Crippen LogP contribution is -2.40. The second kappa shape index (κ2) is 11.7. The molecule has 0 aliphatic heterocycles. The quantitative estimate of drug-likeness (QED) is 0.328. The Labute approximate surface area is 210 Å². The minimum Gasteiger partial charge on any atom is -0.497 e. The Balaban J connectivity index is 1.56. The van der Waals surface area contributed by atoms with Crippen molar-refractivity contribution in [1.29, 1.82) is 0 Å². The average molecular weight is 497 g/mol. The molecular weight excluding hydrogens is 468 g/mol. The number of Topliss-reactive ketones (excluding diaryl/α,β-unsaturated/α-hetero) is 1. The topological polar surface area (TPSA) is 86.6 Å². The largest absolute Gasteiger partial charge is 0.497 e. The van der Waals surface area contributed by atoms with E-state index in [1.165, 1.54) is 6.92 Å². The molecule has 0 fully saturated rings. The molecule has 3 rings (SSSR count). The Morgan fingerprint density at radius 2 is 1.71 bits per heavy atom. The van der Waals surface area contributed by atoms with E-state index in [0.29, 0.717) is 12.1 Å². The van der Waals surface area contributed by atoms with E-state index >= 15 is 0 Å². The number of carbonyl (C=O) groups is 3. The summed E-state index contributed by atoms with van der Waals surface area (Å²) in [5.74, 6) is -0.687. The van der Waals surface area contributed by atoms with Crippen molar-refractivity contribution in [1.82, 2.24) is 9.88 Å². The summed E-state index contributed by atoms with van der Waals surface area (Å²) in [6.45, 7) is 5.61. The van der Waals surface area contributed by atoms with Crippen LogP contribution in [0.15, 0.2) is 54.6 Å². The fraction of sp³-hybridized carbons (Fsp3) is 0.296. The Hall–Kier alpha value is -3.58. The van der Waals surface area contributed by atoms with Crippen LogP contribution in [-0.2, 0) is 22.5 Å². The van der Waals surface area contributed by atoms with Gasteiger partial charge in [-0.25, -0.2) is 4.79 Å². The molecule has 1 heterocycles. The number of nitrogens with zero attached hydrogens (tertiary/aromatic N) is 1. The maximum absolute atomic E-state index is 12.8. The number of amides is 1. The highest BCUT2D eigenvalue weighted by Gasteiger charge is 2.22. The highest BCUT2D eigenvalue weighted by Crippen LogP contribution is 2.19. The SMILES string of the molecule is COc1ccc(CCn2c(C)cc(C(=O)COC(=O)[C@@H](C)NC(=O)c3ccccc3Cl)c2C)cc1. The predicted octanol–water partition coefficient (Wildman–Crippen LogP) is 4.55. The third kappa shape index (κ3) is 6.51. The number of aromatic nitrogens is 1. The normalized spacial score (nSPS) is 11.6. The number of hydrogen-bond donors (Lipinski definition) is 1. The van der Waals surface area contributed by atoms with E-state index in [4.69, 9.17) is 21.1 Å². The van der Waals surface area contributed by atoms with Gasteiger partial charge in [0.15, 0.2) is 6.61 Å². The zero-order valence-corrected chi connectivity index (χ0v) is 21.0. The van der Waals surface area contributed by atoms with E-state index in [1.807, 2.05) is 44.2 Å². The number of ether oxygens (including phenoxy) is 2. The molecule has 0 spiro atoms. The highest BCUT2D eigenvalue weighted by atomic mass is 35.5. The fourth-order valence-electron chi connectivity index (χ4n) is 3.78. The van der Waals surface area contributed by atoms with E-state index in [2.05, 4.69) is 9.88 Å². The summed E-state index contributed by atoms with van der Waals surface area (Å²) in [6.07, 6.45) is 0.797. The summed E-state index contributed by atoms with van der Waals surface area (Å²) in [5, 5.41) is 2.82. The predicted molar refractivity (Wildman–Crippen MR) is 134 cm³/mol. The third-order valence-electron chi connectivity index (χ3n) is 5.82. The summed E-state index contributed by atoms with van der Waals surface area (Å²) in [4.78, 5) is 37.5. The number of carbonyl (C=O) groups excluding carboxylic acids is 3. The fourth-order valence-corrected chi connectivity index (χ4v) is 4.00. The van der Waals surface area contributed by atoms with Gasteiger partial charge in [-0.2, -0.15) is 0 Å². The van der Waals surface area contributed by atoms with Crippen molar-refractivity contribution in [2.75, 3.05) is 13.7 Å². The molecule has 8 heteroatoms. The lowest BCUT2D eigenvalue weighted by molar-refractivity contribution is -0.144. The van der Waals surface area contributed by atoms with Crippen LogP contribution >= 0.6 is 11.6 Å². The third-order valence-corrected chi connectivity index (χ3v) is 6.15. The number of rotatable bonds is 10. The van der Waals surface area contributed by atoms with Gasteiger partial charge in [-0.15, -0.1) is 0 Å². The number of halogens is 1. The number of aryl methyl sites for hydroxylation is 2. The van der Waals surface area contributed by atoms with Gasteiger partial charge in [0.1, 0.15) is 11.8 Å².